The molecule has 0 spiro atoms. The Morgan fingerprint density at radius 1 is 1.31 bits per heavy atom. The quantitative estimate of drug-likeness (QED) is 0.720. The molecule has 7 nitrogen and oxygen atoms in total. The molecule has 0 bridgehead atoms. The standard InChI is InChI=1S/C19H21N5O2/c1-22(2)17-10-20-11-18(21-17)26-16-6-8-24(13-16)19(25)14-9-15-5-3-4-7-23(15)12-14/h3-5,7,9-12,16H,6,8,13H2,1-2H3/t16-/m1/s1. The summed E-state index contributed by atoms with van der Waals surface area (Å²) in [6, 6.07) is 7.82. The Bertz CT molecular complexity index is 903. The van der Waals surface area contributed by atoms with E-state index in [9.17, 15) is 4.79 Å². The summed E-state index contributed by atoms with van der Waals surface area (Å²) in [6.45, 7) is 1.23. The number of amides is 1. The van der Waals surface area contributed by atoms with Crippen molar-refractivity contribution in [3.63, 3.8) is 0 Å². The van der Waals surface area contributed by atoms with E-state index in [1.165, 1.54) is 0 Å². The van der Waals surface area contributed by atoms with Crippen LogP contribution in [-0.4, -0.2) is 58.5 Å². The molecule has 3 aromatic heterocycles. The SMILES string of the molecule is CN(C)c1cncc(O[C@@H]2CCN(C(=O)c3cc4ccccn4c3)C2)n1. The number of nitrogens with zero attached hydrogens (tertiary/aromatic N) is 5. The molecule has 0 N–H and O–H groups in total. The van der Waals surface area contributed by atoms with Crippen molar-refractivity contribution in [1.29, 1.82) is 0 Å². The van der Waals surface area contributed by atoms with Crippen LogP contribution in [0.4, 0.5) is 5.82 Å². The molecular formula is C19H21N5O2. The van der Waals surface area contributed by atoms with E-state index in [2.05, 4.69) is 9.97 Å². The minimum Gasteiger partial charge on any atom is -0.471 e. The largest absolute Gasteiger partial charge is 0.471 e. The molecule has 3 aromatic rings. The fraction of sp³-hybridized carbons (Fsp3) is 0.316. The number of pyridine rings is 1. The summed E-state index contributed by atoms with van der Waals surface area (Å²) in [5, 5.41) is 0. The van der Waals surface area contributed by atoms with Crippen LogP contribution in [0.5, 0.6) is 5.88 Å². The monoisotopic (exact) mass is 351 g/mol. The molecule has 26 heavy (non-hydrogen) atoms. The van der Waals surface area contributed by atoms with Gasteiger partial charge >= 0.3 is 0 Å². The topological polar surface area (TPSA) is 63.0 Å². The van der Waals surface area contributed by atoms with Crippen LogP contribution in [0.3, 0.4) is 0 Å². The number of aromatic nitrogens is 3. The number of ether oxygens (including phenoxy) is 1. The van der Waals surface area contributed by atoms with Gasteiger partial charge in [0.2, 0.25) is 5.88 Å². The van der Waals surface area contributed by atoms with E-state index in [4.69, 9.17) is 4.74 Å². The predicted molar refractivity (Wildman–Crippen MR) is 98.7 cm³/mol. The maximum absolute atomic E-state index is 12.8. The van der Waals surface area contributed by atoms with Crippen molar-refractivity contribution in [2.45, 2.75) is 12.5 Å². The minimum atomic E-state index is -0.0670. The summed E-state index contributed by atoms with van der Waals surface area (Å²) in [5.41, 5.74) is 1.71. The van der Waals surface area contributed by atoms with Crippen molar-refractivity contribution >= 4 is 17.2 Å². The number of anilines is 1. The van der Waals surface area contributed by atoms with Crippen molar-refractivity contribution in [3.8, 4) is 5.88 Å². The molecule has 0 unspecified atom stereocenters. The van der Waals surface area contributed by atoms with Crippen LogP contribution in [0.25, 0.3) is 5.52 Å². The summed E-state index contributed by atoms with van der Waals surface area (Å²) >= 11 is 0. The van der Waals surface area contributed by atoms with E-state index in [0.717, 1.165) is 17.8 Å². The molecule has 1 fully saturated rings. The van der Waals surface area contributed by atoms with Crippen molar-refractivity contribution in [3.05, 3.63) is 54.6 Å². The first-order chi connectivity index (χ1) is 12.6. The summed E-state index contributed by atoms with van der Waals surface area (Å²) in [4.78, 5) is 25.1. The summed E-state index contributed by atoms with van der Waals surface area (Å²) in [7, 11) is 3.82. The summed E-state index contributed by atoms with van der Waals surface area (Å²) in [6.07, 6.45) is 7.83. The zero-order valence-electron chi connectivity index (χ0n) is 14.9. The van der Waals surface area contributed by atoms with Gasteiger partial charge in [0.1, 0.15) is 6.10 Å². The maximum Gasteiger partial charge on any atom is 0.255 e. The van der Waals surface area contributed by atoms with E-state index >= 15 is 0 Å². The van der Waals surface area contributed by atoms with Gasteiger partial charge in [0, 0.05) is 45.0 Å². The smallest absolute Gasteiger partial charge is 0.255 e. The fourth-order valence-corrected chi connectivity index (χ4v) is 3.15. The molecule has 1 atom stereocenters. The fourth-order valence-electron chi connectivity index (χ4n) is 3.15. The van der Waals surface area contributed by atoms with Crippen LogP contribution in [0.1, 0.15) is 16.8 Å². The number of hydrogen-bond donors (Lipinski definition) is 0. The number of carbonyl (C=O) groups excluding carboxylic acids is 1. The molecule has 134 valence electrons. The van der Waals surface area contributed by atoms with Gasteiger partial charge in [-0.2, -0.15) is 4.98 Å². The Labute approximate surface area is 151 Å². The second-order valence-electron chi connectivity index (χ2n) is 6.65. The number of fused-ring (bicyclic) bond motifs is 1. The van der Waals surface area contributed by atoms with Crippen molar-refractivity contribution in [2.24, 2.45) is 0 Å². The van der Waals surface area contributed by atoms with E-state index in [0.29, 0.717) is 24.5 Å². The highest BCUT2D eigenvalue weighted by Gasteiger charge is 2.29. The maximum atomic E-state index is 12.8. The lowest BCUT2D eigenvalue weighted by molar-refractivity contribution is 0.0771. The van der Waals surface area contributed by atoms with Crippen molar-refractivity contribution < 1.29 is 9.53 Å². The van der Waals surface area contributed by atoms with Gasteiger partial charge in [-0.3, -0.25) is 9.78 Å². The second-order valence-corrected chi connectivity index (χ2v) is 6.65. The normalized spacial score (nSPS) is 16.8. The number of rotatable bonds is 4. The molecule has 1 aliphatic heterocycles. The van der Waals surface area contributed by atoms with Crippen molar-refractivity contribution in [2.75, 3.05) is 32.1 Å². The summed E-state index contributed by atoms with van der Waals surface area (Å²) < 4.78 is 7.90. The predicted octanol–water partition coefficient (Wildman–Crippen LogP) is 2.09. The van der Waals surface area contributed by atoms with Gasteiger partial charge in [-0.15, -0.1) is 0 Å². The van der Waals surface area contributed by atoms with Crippen LogP contribution in [0, 0.1) is 0 Å². The third kappa shape index (κ3) is 3.20. The lowest BCUT2D eigenvalue weighted by atomic mass is 10.3. The van der Waals surface area contributed by atoms with Crippen LogP contribution >= 0.6 is 0 Å². The molecule has 4 rings (SSSR count). The zero-order chi connectivity index (χ0) is 18.1. The van der Waals surface area contributed by atoms with Crippen LogP contribution in [-0.2, 0) is 0 Å². The third-order valence-corrected chi connectivity index (χ3v) is 4.53. The molecule has 0 saturated carbocycles. The number of hydrogen-bond acceptors (Lipinski definition) is 5. The Morgan fingerprint density at radius 2 is 2.19 bits per heavy atom. The Morgan fingerprint density at radius 3 is 3.00 bits per heavy atom. The zero-order valence-corrected chi connectivity index (χ0v) is 14.9. The van der Waals surface area contributed by atoms with Crippen LogP contribution in [0.2, 0.25) is 0 Å². The van der Waals surface area contributed by atoms with E-state index in [1.54, 1.807) is 12.4 Å². The van der Waals surface area contributed by atoms with Crippen LogP contribution < -0.4 is 9.64 Å². The lowest BCUT2D eigenvalue weighted by Crippen LogP contribution is -2.30. The molecular weight excluding hydrogens is 330 g/mol. The molecule has 0 aliphatic carbocycles. The molecule has 1 amide bonds. The van der Waals surface area contributed by atoms with Gasteiger partial charge in [0.05, 0.1) is 24.5 Å². The van der Waals surface area contributed by atoms with Crippen LogP contribution in [0.15, 0.2) is 49.1 Å². The highest BCUT2D eigenvalue weighted by Crippen LogP contribution is 2.20. The molecule has 4 heterocycles. The first kappa shape index (κ1) is 16.4. The number of likely N-dealkylation sites (tertiary alicyclic amines) is 1. The van der Waals surface area contributed by atoms with Gasteiger partial charge in [0.15, 0.2) is 5.82 Å². The van der Waals surface area contributed by atoms with E-state index in [-0.39, 0.29) is 12.0 Å². The lowest BCUT2D eigenvalue weighted by Gasteiger charge is -2.17. The molecule has 0 radical (unpaired) electrons. The first-order valence-electron chi connectivity index (χ1n) is 8.62. The minimum absolute atomic E-state index is 0.0351. The second kappa shape index (κ2) is 6.67. The van der Waals surface area contributed by atoms with E-state index < -0.39 is 0 Å². The third-order valence-electron chi connectivity index (χ3n) is 4.53. The van der Waals surface area contributed by atoms with Gasteiger partial charge in [-0.05, 0) is 18.2 Å². The van der Waals surface area contributed by atoms with Gasteiger partial charge in [-0.1, -0.05) is 6.07 Å². The highest BCUT2D eigenvalue weighted by molar-refractivity contribution is 5.95. The Hall–Kier alpha value is -3.09. The molecule has 7 heteroatoms. The first-order valence-corrected chi connectivity index (χ1v) is 8.62. The Balaban J connectivity index is 1.43. The van der Waals surface area contributed by atoms with Gasteiger partial charge < -0.3 is 18.9 Å². The highest BCUT2D eigenvalue weighted by atomic mass is 16.5. The molecule has 1 aliphatic rings. The van der Waals surface area contributed by atoms with Gasteiger partial charge in [0.25, 0.3) is 5.91 Å². The Kier molecular flexibility index (Phi) is 4.20. The van der Waals surface area contributed by atoms with E-state index in [1.807, 2.05) is 65.0 Å². The molecule has 0 aromatic carbocycles. The number of carbonyl (C=O) groups is 1. The van der Waals surface area contributed by atoms with Gasteiger partial charge in [-0.25, -0.2) is 0 Å². The summed E-state index contributed by atoms with van der Waals surface area (Å²) in [5.74, 6) is 1.27. The molecule has 1 saturated heterocycles. The average Bonchev–Trinajstić information content (AvgIpc) is 3.28. The average molecular weight is 351 g/mol. The van der Waals surface area contributed by atoms with Crippen molar-refractivity contribution in [1.82, 2.24) is 19.3 Å².